The number of carbonyl (C=O) groups is 1. The van der Waals surface area contributed by atoms with Gasteiger partial charge >= 0.3 is 0 Å². The van der Waals surface area contributed by atoms with Gasteiger partial charge in [-0.1, -0.05) is 26.1 Å². The zero-order chi connectivity index (χ0) is 16.4. The van der Waals surface area contributed by atoms with Crippen molar-refractivity contribution in [1.29, 1.82) is 0 Å². The average Bonchev–Trinajstić information content (AvgIpc) is 2.39. The summed E-state index contributed by atoms with van der Waals surface area (Å²) in [5.74, 6) is -2.08. The number of benzene rings is 1. The zero-order valence-electron chi connectivity index (χ0n) is 12.0. The molecule has 0 aliphatic carbocycles. The summed E-state index contributed by atoms with van der Waals surface area (Å²) in [5, 5.41) is 0. The molecule has 0 bridgehead atoms. The number of halogens is 1. The van der Waals surface area contributed by atoms with Gasteiger partial charge in [0.2, 0.25) is 15.9 Å². The second kappa shape index (κ2) is 6.48. The molecule has 116 valence electrons. The molecule has 0 aliphatic heterocycles. The third-order valence-corrected chi connectivity index (χ3v) is 4.66. The number of nitrogens with zero attached hydrogens (tertiary/aromatic N) is 1. The van der Waals surface area contributed by atoms with Gasteiger partial charge in [-0.2, -0.15) is 0 Å². The number of hydrogen-bond donors (Lipinski definition) is 1. The van der Waals surface area contributed by atoms with Crippen molar-refractivity contribution in [2.24, 2.45) is 11.7 Å². The van der Waals surface area contributed by atoms with Gasteiger partial charge in [0.05, 0.1) is 11.4 Å². The highest BCUT2D eigenvalue weighted by Gasteiger charge is 2.31. The van der Waals surface area contributed by atoms with Crippen molar-refractivity contribution in [3.05, 3.63) is 29.6 Å². The molecule has 0 aliphatic rings. The molecule has 0 saturated heterocycles. The molecule has 1 rings (SSSR count). The van der Waals surface area contributed by atoms with E-state index >= 15 is 0 Å². The van der Waals surface area contributed by atoms with Gasteiger partial charge in [0, 0.05) is 11.5 Å². The molecule has 0 fully saturated rings. The minimum Gasteiger partial charge on any atom is -0.389 e. The third-order valence-electron chi connectivity index (χ3n) is 2.78. The number of sulfonamides is 1. The monoisotopic (exact) mass is 332 g/mol. The number of anilines is 1. The van der Waals surface area contributed by atoms with Gasteiger partial charge in [-0.25, -0.2) is 17.1 Å². The molecule has 0 aromatic heterocycles. The molecule has 1 aromatic rings. The Hall–Kier alpha value is -1.54. The van der Waals surface area contributed by atoms with Gasteiger partial charge < -0.3 is 5.73 Å². The van der Waals surface area contributed by atoms with Crippen LogP contribution in [-0.2, 0) is 14.8 Å². The van der Waals surface area contributed by atoms with E-state index in [4.69, 9.17) is 18.0 Å². The van der Waals surface area contributed by atoms with Crippen LogP contribution >= 0.6 is 12.2 Å². The van der Waals surface area contributed by atoms with E-state index in [1.54, 1.807) is 13.8 Å². The van der Waals surface area contributed by atoms with E-state index in [1.807, 2.05) is 0 Å². The Kier molecular flexibility index (Phi) is 5.41. The van der Waals surface area contributed by atoms with Gasteiger partial charge in [0.25, 0.3) is 0 Å². The van der Waals surface area contributed by atoms with Crippen LogP contribution in [0.2, 0.25) is 0 Å². The maximum Gasteiger partial charge on any atom is 0.243 e. The van der Waals surface area contributed by atoms with E-state index in [0.29, 0.717) is 4.31 Å². The fourth-order valence-corrected chi connectivity index (χ4v) is 3.02. The lowest BCUT2D eigenvalue weighted by Crippen LogP contribution is -2.41. The topological polar surface area (TPSA) is 80.5 Å². The molecule has 2 N–H and O–H groups in total. The van der Waals surface area contributed by atoms with Crippen molar-refractivity contribution in [2.45, 2.75) is 20.8 Å². The van der Waals surface area contributed by atoms with Crippen LogP contribution in [0.5, 0.6) is 0 Å². The maximum atomic E-state index is 13.3. The molecule has 21 heavy (non-hydrogen) atoms. The molecular weight excluding hydrogens is 315 g/mol. The molecule has 1 aromatic carbocycles. The summed E-state index contributed by atoms with van der Waals surface area (Å²) in [6, 6.07) is 3.27. The normalized spacial score (nSPS) is 11.5. The molecule has 0 atom stereocenters. The second-order valence-electron chi connectivity index (χ2n) is 4.68. The summed E-state index contributed by atoms with van der Waals surface area (Å²) in [6.07, 6.45) is 0. The highest BCUT2D eigenvalue weighted by atomic mass is 32.2. The van der Waals surface area contributed by atoms with Crippen LogP contribution in [0.25, 0.3) is 0 Å². The number of rotatable bonds is 5. The van der Waals surface area contributed by atoms with Gasteiger partial charge in [-0.05, 0) is 25.1 Å². The van der Waals surface area contributed by atoms with Crippen LogP contribution in [0.1, 0.15) is 26.3 Å². The summed E-state index contributed by atoms with van der Waals surface area (Å²) in [7, 11) is -3.88. The minimum atomic E-state index is -3.88. The van der Waals surface area contributed by atoms with E-state index in [-0.39, 0.29) is 22.0 Å². The standard InChI is InChI=1S/C13H17FN2O3S2/c1-4-21(18,19)16(13(17)8(2)3)11-6-5-9(14)7-10(11)12(15)20/h5-8H,4H2,1-3H3,(H2,15,20). The first-order valence-electron chi connectivity index (χ1n) is 6.28. The fraction of sp³-hybridized carbons (Fsp3) is 0.385. The van der Waals surface area contributed by atoms with E-state index in [1.165, 1.54) is 13.0 Å². The first-order chi connectivity index (χ1) is 9.61. The smallest absolute Gasteiger partial charge is 0.243 e. The summed E-state index contributed by atoms with van der Waals surface area (Å²) < 4.78 is 38.5. The quantitative estimate of drug-likeness (QED) is 0.832. The first kappa shape index (κ1) is 17.5. The van der Waals surface area contributed by atoms with Gasteiger partial charge in [0.15, 0.2) is 0 Å². The second-order valence-corrected chi connectivity index (χ2v) is 7.23. The highest BCUT2D eigenvalue weighted by molar-refractivity contribution is 7.93. The van der Waals surface area contributed by atoms with Crippen LogP contribution in [0.3, 0.4) is 0 Å². The SMILES string of the molecule is CCS(=O)(=O)N(C(=O)C(C)C)c1ccc(F)cc1C(N)=S. The molecule has 5 nitrogen and oxygen atoms in total. The Labute approximate surface area is 129 Å². The van der Waals surface area contributed by atoms with Crippen LogP contribution < -0.4 is 10.0 Å². The predicted molar refractivity (Wildman–Crippen MR) is 84.1 cm³/mol. The molecule has 0 unspecified atom stereocenters. The van der Waals surface area contributed by atoms with E-state index in [9.17, 15) is 17.6 Å². The highest BCUT2D eigenvalue weighted by Crippen LogP contribution is 2.26. The maximum absolute atomic E-state index is 13.3. The number of amides is 1. The summed E-state index contributed by atoms with van der Waals surface area (Å²) in [5.41, 5.74) is 5.50. The number of carbonyl (C=O) groups excluding carboxylic acids is 1. The Balaban J connectivity index is 3.62. The van der Waals surface area contributed by atoms with Gasteiger partial charge in [0.1, 0.15) is 10.8 Å². The van der Waals surface area contributed by atoms with Crippen LogP contribution in [0.15, 0.2) is 18.2 Å². The molecule has 0 spiro atoms. The number of nitrogens with two attached hydrogens (primary N) is 1. The molecule has 0 saturated carbocycles. The summed E-state index contributed by atoms with van der Waals surface area (Å²) in [6.45, 7) is 4.56. The Morgan fingerprint density at radius 1 is 1.43 bits per heavy atom. The third kappa shape index (κ3) is 3.76. The Morgan fingerprint density at radius 3 is 2.43 bits per heavy atom. The van der Waals surface area contributed by atoms with Crippen molar-refractivity contribution in [3.8, 4) is 0 Å². The van der Waals surface area contributed by atoms with Crippen molar-refractivity contribution >= 4 is 38.8 Å². The largest absolute Gasteiger partial charge is 0.389 e. The van der Waals surface area contributed by atoms with Crippen LogP contribution in [-0.4, -0.2) is 25.1 Å². The number of hydrogen-bond acceptors (Lipinski definition) is 4. The fourth-order valence-electron chi connectivity index (χ4n) is 1.65. The molecular formula is C13H17FN2O3S2. The Morgan fingerprint density at radius 2 is 2.00 bits per heavy atom. The van der Waals surface area contributed by atoms with Crippen LogP contribution in [0.4, 0.5) is 10.1 Å². The van der Waals surface area contributed by atoms with Crippen LogP contribution in [0, 0.1) is 11.7 Å². The van der Waals surface area contributed by atoms with E-state index < -0.39 is 27.7 Å². The van der Waals surface area contributed by atoms with E-state index in [2.05, 4.69) is 0 Å². The van der Waals surface area contributed by atoms with E-state index in [0.717, 1.165) is 12.1 Å². The number of thiocarbonyl (C=S) groups is 1. The Bertz CT molecular complexity index is 672. The van der Waals surface area contributed by atoms with Gasteiger partial charge in [-0.15, -0.1) is 0 Å². The molecule has 0 radical (unpaired) electrons. The first-order valence-corrected chi connectivity index (χ1v) is 8.29. The minimum absolute atomic E-state index is 0.0102. The lowest BCUT2D eigenvalue weighted by Gasteiger charge is -2.25. The summed E-state index contributed by atoms with van der Waals surface area (Å²) in [4.78, 5) is 12.1. The van der Waals surface area contributed by atoms with Crippen molar-refractivity contribution < 1.29 is 17.6 Å². The molecule has 1 amide bonds. The molecule has 8 heteroatoms. The predicted octanol–water partition coefficient (Wildman–Crippen LogP) is 1.80. The van der Waals surface area contributed by atoms with Crippen molar-refractivity contribution in [2.75, 3.05) is 10.1 Å². The zero-order valence-corrected chi connectivity index (χ0v) is 13.6. The summed E-state index contributed by atoms with van der Waals surface area (Å²) >= 11 is 4.82. The van der Waals surface area contributed by atoms with Crippen molar-refractivity contribution in [1.82, 2.24) is 0 Å². The lowest BCUT2D eigenvalue weighted by molar-refractivity contribution is -0.120. The van der Waals surface area contributed by atoms with Crippen molar-refractivity contribution in [3.63, 3.8) is 0 Å². The van der Waals surface area contributed by atoms with Gasteiger partial charge in [-0.3, -0.25) is 4.79 Å². The lowest BCUT2D eigenvalue weighted by atomic mass is 10.1. The molecule has 0 heterocycles. The average molecular weight is 332 g/mol.